The van der Waals surface area contributed by atoms with E-state index in [0.29, 0.717) is 0 Å². The molecule has 1 aromatic rings. The van der Waals surface area contributed by atoms with E-state index in [9.17, 15) is 10.1 Å². The number of nitro benzene ring substituents is 1. The second kappa shape index (κ2) is 6.89. The second-order valence-corrected chi connectivity index (χ2v) is 4.30. The fourth-order valence-electron chi connectivity index (χ4n) is 1.75. The van der Waals surface area contributed by atoms with E-state index >= 15 is 0 Å². The summed E-state index contributed by atoms with van der Waals surface area (Å²) in [5.74, 6) is 0. The number of anilines is 1. The SMILES string of the molecule is CCCCCCNc1cc(C)cc([N+](=O)[O-])c1. The highest BCUT2D eigenvalue weighted by Gasteiger charge is 2.07. The molecule has 0 aliphatic rings. The molecule has 94 valence electrons. The molecule has 4 heteroatoms. The van der Waals surface area contributed by atoms with Crippen LogP contribution < -0.4 is 5.32 Å². The number of hydrogen-bond acceptors (Lipinski definition) is 3. The lowest BCUT2D eigenvalue weighted by atomic mass is 10.2. The summed E-state index contributed by atoms with van der Waals surface area (Å²) in [7, 11) is 0. The molecule has 0 atom stereocenters. The number of benzene rings is 1. The van der Waals surface area contributed by atoms with E-state index < -0.39 is 0 Å². The van der Waals surface area contributed by atoms with Crippen LogP contribution in [0.1, 0.15) is 38.2 Å². The maximum atomic E-state index is 10.7. The number of nitro groups is 1. The van der Waals surface area contributed by atoms with Crippen molar-refractivity contribution < 1.29 is 4.92 Å². The molecule has 0 heterocycles. The molecule has 1 aromatic carbocycles. The molecule has 0 unspecified atom stereocenters. The molecular formula is C13H20N2O2. The molecule has 4 nitrogen and oxygen atoms in total. The molecule has 0 aliphatic carbocycles. The summed E-state index contributed by atoms with van der Waals surface area (Å²) in [6.07, 6.45) is 4.78. The normalized spacial score (nSPS) is 10.2. The fourth-order valence-corrected chi connectivity index (χ4v) is 1.75. The topological polar surface area (TPSA) is 55.2 Å². The van der Waals surface area contributed by atoms with E-state index in [2.05, 4.69) is 12.2 Å². The van der Waals surface area contributed by atoms with Gasteiger partial charge in [-0.2, -0.15) is 0 Å². The first-order valence-electron chi connectivity index (χ1n) is 6.13. The number of aryl methyl sites for hydroxylation is 1. The standard InChI is InChI=1S/C13H20N2O2/c1-3-4-5-6-7-14-12-8-11(2)9-13(10-12)15(16)17/h8-10,14H,3-7H2,1-2H3. The van der Waals surface area contributed by atoms with Crippen LogP contribution in [-0.4, -0.2) is 11.5 Å². The lowest BCUT2D eigenvalue weighted by molar-refractivity contribution is -0.384. The van der Waals surface area contributed by atoms with E-state index in [1.54, 1.807) is 12.1 Å². The van der Waals surface area contributed by atoms with Gasteiger partial charge in [0.2, 0.25) is 0 Å². The van der Waals surface area contributed by atoms with Gasteiger partial charge < -0.3 is 5.32 Å². The molecule has 0 aromatic heterocycles. The Morgan fingerprint density at radius 3 is 2.65 bits per heavy atom. The molecule has 0 saturated carbocycles. The van der Waals surface area contributed by atoms with E-state index in [-0.39, 0.29) is 10.6 Å². The molecule has 0 spiro atoms. The van der Waals surface area contributed by atoms with Gasteiger partial charge in [-0.1, -0.05) is 26.2 Å². The van der Waals surface area contributed by atoms with Gasteiger partial charge in [0.1, 0.15) is 0 Å². The minimum absolute atomic E-state index is 0.154. The van der Waals surface area contributed by atoms with Crippen molar-refractivity contribution in [2.45, 2.75) is 39.5 Å². The van der Waals surface area contributed by atoms with Gasteiger partial charge in [-0.15, -0.1) is 0 Å². The van der Waals surface area contributed by atoms with Crippen molar-refractivity contribution in [2.75, 3.05) is 11.9 Å². The van der Waals surface area contributed by atoms with Gasteiger partial charge in [0, 0.05) is 24.4 Å². The van der Waals surface area contributed by atoms with Crippen LogP contribution >= 0.6 is 0 Å². The Balaban J connectivity index is 2.50. The van der Waals surface area contributed by atoms with Gasteiger partial charge in [-0.25, -0.2) is 0 Å². The predicted octanol–water partition coefficient (Wildman–Crippen LogP) is 3.90. The Morgan fingerprint density at radius 1 is 1.24 bits per heavy atom. The first-order valence-corrected chi connectivity index (χ1v) is 6.13. The van der Waals surface area contributed by atoms with Gasteiger partial charge >= 0.3 is 0 Å². The summed E-state index contributed by atoms with van der Waals surface area (Å²) < 4.78 is 0. The molecule has 0 amide bonds. The summed E-state index contributed by atoms with van der Waals surface area (Å²) in [6, 6.07) is 5.11. The van der Waals surface area contributed by atoms with Crippen LogP contribution in [0.2, 0.25) is 0 Å². The Bertz CT molecular complexity index is 378. The monoisotopic (exact) mass is 236 g/mol. The molecule has 0 saturated heterocycles. The van der Waals surface area contributed by atoms with Crippen LogP contribution in [0.15, 0.2) is 18.2 Å². The fraction of sp³-hybridized carbons (Fsp3) is 0.538. The number of non-ortho nitro benzene ring substituents is 1. The van der Waals surface area contributed by atoms with Crippen molar-refractivity contribution in [3.05, 3.63) is 33.9 Å². The predicted molar refractivity (Wildman–Crippen MR) is 70.5 cm³/mol. The minimum atomic E-state index is -0.352. The number of nitrogens with one attached hydrogen (secondary N) is 1. The molecule has 0 radical (unpaired) electrons. The third kappa shape index (κ3) is 4.85. The zero-order chi connectivity index (χ0) is 12.7. The Hall–Kier alpha value is -1.58. The maximum Gasteiger partial charge on any atom is 0.271 e. The number of hydrogen-bond donors (Lipinski definition) is 1. The summed E-state index contributed by atoms with van der Waals surface area (Å²) in [5, 5.41) is 13.9. The van der Waals surface area contributed by atoms with Crippen LogP contribution in [-0.2, 0) is 0 Å². The highest BCUT2D eigenvalue weighted by molar-refractivity contribution is 5.53. The van der Waals surface area contributed by atoms with Crippen LogP contribution in [0.25, 0.3) is 0 Å². The van der Waals surface area contributed by atoms with Crippen molar-refractivity contribution in [1.29, 1.82) is 0 Å². The Labute approximate surface area is 102 Å². The van der Waals surface area contributed by atoms with E-state index in [4.69, 9.17) is 0 Å². The van der Waals surface area contributed by atoms with Gasteiger partial charge in [0.25, 0.3) is 5.69 Å². The highest BCUT2D eigenvalue weighted by Crippen LogP contribution is 2.20. The largest absolute Gasteiger partial charge is 0.385 e. The molecule has 17 heavy (non-hydrogen) atoms. The first-order chi connectivity index (χ1) is 8.13. The van der Waals surface area contributed by atoms with Crippen LogP contribution in [0.5, 0.6) is 0 Å². The van der Waals surface area contributed by atoms with Gasteiger partial charge in [0.15, 0.2) is 0 Å². The molecular weight excluding hydrogens is 216 g/mol. The Morgan fingerprint density at radius 2 is 2.00 bits per heavy atom. The third-order valence-corrected chi connectivity index (χ3v) is 2.63. The van der Waals surface area contributed by atoms with E-state index in [1.165, 1.54) is 19.3 Å². The number of unbranched alkanes of at least 4 members (excludes halogenated alkanes) is 3. The number of nitrogens with zero attached hydrogens (tertiary/aromatic N) is 1. The van der Waals surface area contributed by atoms with E-state index in [1.807, 2.05) is 13.0 Å². The second-order valence-electron chi connectivity index (χ2n) is 4.30. The van der Waals surface area contributed by atoms with Crippen molar-refractivity contribution in [3.63, 3.8) is 0 Å². The summed E-state index contributed by atoms with van der Waals surface area (Å²) in [6.45, 7) is 4.92. The summed E-state index contributed by atoms with van der Waals surface area (Å²) in [5.41, 5.74) is 1.91. The lowest BCUT2D eigenvalue weighted by Gasteiger charge is -2.07. The molecule has 1 rings (SSSR count). The zero-order valence-electron chi connectivity index (χ0n) is 10.5. The molecule has 1 N–H and O–H groups in total. The van der Waals surface area contributed by atoms with Crippen LogP contribution in [0.3, 0.4) is 0 Å². The first kappa shape index (κ1) is 13.5. The summed E-state index contributed by atoms with van der Waals surface area (Å²) in [4.78, 5) is 10.3. The van der Waals surface area contributed by atoms with Crippen LogP contribution in [0, 0.1) is 17.0 Å². The average molecular weight is 236 g/mol. The third-order valence-electron chi connectivity index (χ3n) is 2.63. The lowest BCUT2D eigenvalue weighted by Crippen LogP contribution is -2.02. The smallest absolute Gasteiger partial charge is 0.271 e. The zero-order valence-corrected chi connectivity index (χ0v) is 10.5. The molecule has 0 bridgehead atoms. The van der Waals surface area contributed by atoms with E-state index in [0.717, 1.165) is 24.2 Å². The number of rotatable bonds is 7. The highest BCUT2D eigenvalue weighted by atomic mass is 16.6. The maximum absolute atomic E-state index is 10.7. The van der Waals surface area contributed by atoms with Gasteiger partial charge in [-0.3, -0.25) is 10.1 Å². The Kier molecular flexibility index (Phi) is 5.46. The quantitative estimate of drug-likeness (QED) is 0.444. The summed E-state index contributed by atoms with van der Waals surface area (Å²) >= 11 is 0. The van der Waals surface area contributed by atoms with Crippen molar-refractivity contribution in [1.82, 2.24) is 0 Å². The van der Waals surface area contributed by atoms with Gasteiger partial charge in [-0.05, 0) is 25.0 Å². The minimum Gasteiger partial charge on any atom is -0.385 e. The van der Waals surface area contributed by atoms with Crippen molar-refractivity contribution in [2.24, 2.45) is 0 Å². The van der Waals surface area contributed by atoms with Crippen molar-refractivity contribution in [3.8, 4) is 0 Å². The van der Waals surface area contributed by atoms with Gasteiger partial charge in [0.05, 0.1) is 4.92 Å². The van der Waals surface area contributed by atoms with Crippen LogP contribution in [0.4, 0.5) is 11.4 Å². The molecule has 0 fully saturated rings. The van der Waals surface area contributed by atoms with Crippen molar-refractivity contribution >= 4 is 11.4 Å². The average Bonchev–Trinajstić information content (AvgIpc) is 2.28. The molecule has 0 aliphatic heterocycles.